The Morgan fingerprint density at radius 2 is 1.37 bits per heavy atom. The van der Waals surface area contributed by atoms with Gasteiger partial charge in [0.25, 0.3) is 0 Å². The minimum absolute atomic E-state index is 0.721. The van der Waals surface area contributed by atoms with Gasteiger partial charge in [0.2, 0.25) is 9.05 Å². The Morgan fingerprint density at radius 1 is 0.947 bits per heavy atom. The molecule has 3 rings (SSSR count). The number of anilines is 2. The van der Waals surface area contributed by atoms with Crippen LogP contribution >= 0.6 is 10.7 Å². The van der Waals surface area contributed by atoms with Crippen LogP contribution in [0.5, 0.6) is 0 Å². The summed E-state index contributed by atoms with van der Waals surface area (Å²) >= 11 is 0. The molecule has 0 saturated carbocycles. The van der Waals surface area contributed by atoms with E-state index in [-0.39, 0.29) is 0 Å². The van der Waals surface area contributed by atoms with Gasteiger partial charge in [0.05, 0.1) is 0 Å². The molecule has 98 valence electrons. The van der Waals surface area contributed by atoms with Crippen LogP contribution in [0.15, 0.2) is 48.5 Å². The molecule has 19 heavy (non-hydrogen) atoms. The molecular formula is C14H12ClNO2S. The molecule has 1 aliphatic rings. The Balaban J connectivity index is 2.36. The van der Waals surface area contributed by atoms with Crippen molar-refractivity contribution in [1.29, 1.82) is 0 Å². The molecule has 1 heterocycles. The summed E-state index contributed by atoms with van der Waals surface area (Å²) < 4.78 is 23.9. The number of fused-ring (bicyclic) bond motifs is 2. The van der Waals surface area contributed by atoms with Gasteiger partial charge in [-0.1, -0.05) is 36.4 Å². The Labute approximate surface area is 116 Å². The van der Waals surface area contributed by atoms with E-state index in [4.69, 9.17) is 10.7 Å². The number of nitrogens with zero attached hydrogens (tertiary/aromatic N) is 1. The minimum atomic E-state index is -3.73. The summed E-state index contributed by atoms with van der Waals surface area (Å²) in [6.45, 7) is 0. The van der Waals surface area contributed by atoms with E-state index in [0.29, 0.717) is 0 Å². The van der Waals surface area contributed by atoms with Crippen LogP contribution in [0.3, 0.4) is 0 Å². The summed E-state index contributed by atoms with van der Waals surface area (Å²) in [7, 11) is 3.86. The van der Waals surface area contributed by atoms with Crippen molar-refractivity contribution in [3.8, 4) is 0 Å². The standard InChI is InChI=1S/C14H12ClNO2S/c1-16-12-8-4-2-6-10(12)14(19(15,17)18)11-7-3-5-9-13(11)16/h2-9,14H,1H3. The number of para-hydroxylation sites is 2. The first-order chi connectivity index (χ1) is 9.00. The summed E-state index contributed by atoms with van der Waals surface area (Å²) in [6.07, 6.45) is 0. The van der Waals surface area contributed by atoms with Crippen molar-refractivity contribution in [3.63, 3.8) is 0 Å². The second-order valence-corrected chi connectivity index (χ2v) is 7.25. The van der Waals surface area contributed by atoms with E-state index in [1.54, 1.807) is 0 Å². The number of benzene rings is 2. The maximum atomic E-state index is 12.0. The fourth-order valence-electron chi connectivity index (χ4n) is 2.63. The topological polar surface area (TPSA) is 37.4 Å². The zero-order valence-corrected chi connectivity index (χ0v) is 11.8. The highest BCUT2D eigenvalue weighted by Gasteiger charge is 2.36. The lowest BCUT2D eigenvalue weighted by molar-refractivity contribution is 0.603. The van der Waals surface area contributed by atoms with Gasteiger partial charge in [-0.3, -0.25) is 0 Å². The molecule has 0 radical (unpaired) electrons. The molecule has 0 spiro atoms. The number of halogens is 1. The van der Waals surface area contributed by atoms with Crippen molar-refractivity contribution >= 4 is 31.1 Å². The summed E-state index contributed by atoms with van der Waals surface area (Å²) in [5.41, 5.74) is 3.18. The van der Waals surface area contributed by atoms with Crippen LogP contribution in [0.1, 0.15) is 16.4 Å². The number of hydrogen-bond donors (Lipinski definition) is 0. The molecule has 0 fully saturated rings. The third kappa shape index (κ3) is 1.91. The molecule has 0 saturated heterocycles. The van der Waals surface area contributed by atoms with Crippen molar-refractivity contribution in [1.82, 2.24) is 0 Å². The number of hydrogen-bond acceptors (Lipinski definition) is 3. The molecule has 0 bridgehead atoms. The first-order valence-corrected chi connectivity index (χ1v) is 8.22. The van der Waals surface area contributed by atoms with Crippen molar-refractivity contribution < 1.29 is 8.42 Å². The van der Waals surface area contributed by atoms with E-state index in [9.17, 15) is 8.42 Å². The maximum absolute atomic E-state index is 12.0. The van der Waals surface area contributed by atoms with Crippen LogP contribution in [0.2, 0.25) is 0 Å². The minimum Gasteiger partial charge on any atom is -0.344 e. The normalized spacial score (nSPS) is 14.9. The Morgan fingerprint density at radius 3 is 1.79 bits per heavy atom. The van der Waals surface area contributed by atoms with E-state index in [1.165, 1.54) is 0 Å². The molecular weight excluding hydrogens is 282 g/mol. The van der Waals surface area contributed by atoms with Gasteiger partial charge in [-0.15, -0.1) is 0 Å². The summed E-state index contributed by atoms with van der Waals surface area (Å²) in [4.78, 5) is 1.99. The van der Waals surface area contributed by atoms with Crippen LogP contribution in [-0.4, -0.2) is 15.5 Å². The van der Waals surface area contributed by atoms with Crippen molar-refractivity contribution in [2.75, 3.05) is 11.9 Å². The lowest BCUT2D eigenvalue weighted by Gasteiger charge is -2.33. The molecule has 0 aliphatic carbocycles. The zero-order chi connectivity index (χ0) is 13.6. The molecule has 0 unspecified atom stereocenters. The summed E-state index contributed by atoms with van der Waals surface area (Å²) in [6, 6.07) is 14.9. The van der Waals surface area contributed by atoms with Crippen LogP contribution in [-0.2, 0) is 9.05 Å². The third-order valence-corrected chi connectivity index (χ3v) is 5.05. The Kier molecular flexibility index (Phi) is 2.80. The molecule has 0 aromatic heterocycles. The van der Waals surface area contributed by atoms with Crippen molar-refractivity contribution in [3.05, 3.63) is 59.7 Å². The van der Waals surface area contributed by atoms with Gasteiger partial charge in [0.15, 0.2) is 0 Å². The predicted molar refractivity (Wildman–Crippen MR) is 77.6 cm³/mol. The predicted octanol–water partition coefficient (Wildman–Crippen LogP) is 3.43. The Bertz CT molecular complexity index is 695. The number of rotatable bonds is 1. The maximum Gasteiger partial charge on any atom is 0.243 e. The SMILES string of the molecule is CN1c2ccccc2C(S(=O)(=O)Cl)c2ccccc21. The third-order valence-electron chi connectivity index (χ3n) is 3.44. The van der Waals surface area contributed by atoms with Crippen LogP contribution in [0.4, 0.5) is 11.4 Å². The van der Waals surface area contributed by atoms with Gasteiger partial charge in [-0.2, -0.15) is 0 Å². The van der Waals surface area contributed by atoms with Gasteiger partial charge < -0.3 is 4.90 Å². The fourth-order valence-corrected chi connectivity index (χ4v) is 4.21. The molecule has 0 amide bonds. The smallest absolute Gasteiger partial charge is 0.243 e. The van der Waals surface area contributed by atoms with Gasteiger partial charge in [-0.05, 0) is 23.3 Å². The van der Waals surface area contributed by atoms with E-state index in [1.807, 2.05) is 60.5 Å². The lowest BCUT2D eigenvalue weighted by atomic mass is 9.95. The van der Waals surface area contributed by atoms with E-state index in [2.05, 4.69) is 0 Å². The molecule has 0 N–H and O–H groups in total. The average Bonchev–Trinajstić information content (AvgIpc) is 2.38. The molecule has 0 atom stereocenters. The second-order valence-electron chi connectivity index (χ2n) is 4.53. The van der Waals surface area contributed by atoms with Gasteiger partial charge in [0, 0.05) is 29.1 Å². The molecule has 1 aliphatic heterocycles. The molecule has 3 nitrogen and oxygen atoms in total. The van der Waals surface area contributed by atoms with Crippen LogP contribution < -0.4 is 4.90 Å². The van der Waals surface area contributed by atoms with Crippen LogP contribution in [0, 0.1) is 0 Å². The van der Waals surface area contributed by atoms with Crippen molar-refractivity contribution in [2.24, 2.45) is 0 Å². The van der Waals surface area contributed by atoms with Gasteiger partial charge in [-0.25, -0.2) is 8.42 Å². The van der Waals surface area contributed by atoms with Gasteiger partial charge >= 0.3 is 0 Å². The van der Waals surface area contributed by atoms with E-state index in [0.717, 1.165) is 22.5 Å². The van der Waals surface area contributed by atoms with E-state index < -0.39 is 14.3 Å². The van der Waals surface area contributed by atoms with Crippen molar-refractivity contribution in [2.45, 2.75) is 5.25 Å². The highest BCUT2D eigenvalue weighted by Crippen LogP contribution is 2.47. The molecule has 5 heteroatoms. The first-order valence-electron chi connectivity index (χ1n) is 5.85. The zero-order valence-electron chi connectivity index (χ0n) is 10.2. The van der Waals surface area contributed by atoms with Gasteiger partial charge in [0.1, 0.15) is 5.25 Å². The monoisotopic (exact) mass is 293 g/mol. The molecule has 2 aromatic rings. The Hall–Kier alpha value is -1.52. The first kappa shape index (κ1) is 12.5. The van der Waals surface area contributed by atoms with Crippen LogP contribution in [0.25, 0.3) is 0 Å². The summed E-state index contributed by atoms with van der Waals surface area (Å²) in [5, 5.41) is -0.808. The average molecular weight is 294 g/mol. The second kappa shape index (κ2) is 4.25. The lowest BCUT2D eigenvalue weighted by Crippen LogP contribution is -2.24. The quantitative estimate of drug-likeness (QED) is 0.756. The fraction of sp³-hybridized carbons (Fsp3) is 0.143. The highest BCUT2D eigenvalue weighted by molar-refractivity contribution is 8.14. The molecule has 2 aromatic carbocycles. The highest BCUT2D eigenvalue weighted by atomic mass is 35.7. The largest absolute Gasteiger partial charge is 0.344 e. The summed E-state index contributed by atoms with van der Waals surface area (Å²) in [5.74, 6) is 0. The van der Waals surface area contributed by atoms with E-state index >= 15 is 0 Å².